The van der Waals surface area contributed by atoms with Crippen molar-refractivity contribution in [2.24, 2.45) is 0 Å². The Bertz CT molecular complexity index is 409. The second-order valence-electron chi connectivity index (χ2n) is 5.08. The van der Waals surface area contributed by atoms with E-state index < -0.39 is 0 Å². The SMILES string of the molecule is Clc1ccc(OCCCCCN2CCNCC2)c(Cl)c1. The molecule has 1 fully saturated rings. The van der Waals surface area contributed by atoms with Crippen molar-refractivity contribution in [1.29, 1.82) is 0 Å². The minimum absolute atomic E-state index is 0.582. The lowest BCUT2D eigenvalue weighted by Gasteiger charge is -2.27. The summed E-state index contributed by atoms with van der Waals surface area (Å²) in [6.07, 6.45) is 3.48. The molecular formula is C15H22Cl2N2O. The van der Waals surface area contributed by atoms with Crippen LogP contribution in [0.3, 0.4) is 0 Å². The van der Waals surface area contributed by atoms with Gasteiger partial charge in [0, 0.05) is 31.2 Å². The van der Waals surface area contributed by atoms with E-state index in [1.54, 1.807) is 12.1 Å². The highest BCUT2D eigenvalue weighted by Gasteiger charge is 2.08. The highest BCUT2D eigenvalue weighted by atomic mass is 35.5. The first-order valence-electron chi connectivity index (χ1n) is 7.26. The number of rotatable bonds is 7. The predicted octanol–water partition coefficient (Wildman–Crippen LogP) is 3.45. The molecule has 2 rings (SSSR count). The zero-order valence-corrected chi connectivity index (χ0v) is 13.2. The number of hydrogen-bond donors (Lipinski definition) is 1. The third kappa shape index (κ3) is 5.49. The molecule has 1 aromatic rings. The molecule has 0 radical (unpaired) electrons. The Balaban J connectivity index is 1.55. The van der Waals surface area contributed by atoms with Gasteiger partial charge in [0.05, 0.1) is 11.6 Å². The van der Waals surface area contributed by atoms with Crippen LogP contribution in [0.2, 0.25) is 10.0 Å². The van der Waals surface area contributed by atoms with E-state index in [9.17, 15) is 0 Å². The van der Waals surface area contributed by atoms with E-state index in [-0.39, 0.29) is 0 Å². The topological polar surface area (TPSA) is 24.5 Å². The molecule has 1 aromatic carbocycles. The van der Waals surface area contributed by atoms with Crippen LogP contribution in [-0.4, -0.2) is 44.2 Å². The largest absolute Gasteiger partial charge is 0.492 e. The molecule has 0 saturated carbocycles. The Morgan fingerprint density at radius 3 is 2.65 bits per heavy atom. The van der Waals surface area contributed by atoms with Gasteiger partial charge in [0.1, 0.15) is 5.75 Å². The van der Waals surface area contributed by atoms with Gasteiger partial charge in [-0.1, -0.05) is 23.2 Å². The van der Waals surface area contributed by atoms with E-state index in [4.69, 9.17) is 27.9 Å². The molecule has 3 nitrogen and oxygen atoms in total. The number of benzene rings is 1. The fourth-order valence-corrected chi connectivity index (χ4v) is 2.79. The summed E-state index contributed by atoms with van der Waals surface area (Å²) >= 11 is 11.9. The second kappa shape index (κ2) is 8.73. The lowest BCUT2D eigenvalue weighted by molar-refractivity contribution is 0.232. The summed E-state index contributed by atoms with van der Waals surface area (Å²) in [6, 6.07) is 5.33. The van der Waals surface area contributed by atoms with Crippen molar-refractivity contribution in [2.75, 3.05) is 39.3 Å². The zero-order valence-electron chi connectivity index (χ0n) is 11.7. The van der Waals surface area contributed by atoms with Gasteiger partial charge >= 0.3 is 0 Å². The van der Waals surface area contributed by atoms with Crippen molar-refractivity contribution >= 4 is 23.2 Å². The average molecular weight is 317 g/mol. The molecule has 0 bridgehead atoms. The average Bonchev–Trinajstić information content (AvgIpc) is 2.46. The molecule has 1 heterocycles. The van der Waals surface area contributed by atoms with E-state index in [1.165, 1.54) is 32.5 Å². The molecule has 0 unspecified atom stereocenters. The van der Waals surface area contributed by atoms with Gasteiger partial charge in [-0.3, -0.25) is 0 Å². The Labute approximate surface area is 131 Å². The highest BCUT2D eigenvalue weighted by molar-refractivity contribution is 6.35. The normalized spacial score (nSPS) is 16.3. The lowest BCUT2D eigenvalue weighted by Crippen LogP contribution is -2.43. The summed E-state index contributed by atoms with van der Waals surface area (Å²) in [5, 5.41) is 4.59. The summed E-state index contributed by atoms with van der Waals surface area (Å²) in [5.41, 5.74) is 0. The molecule has 1 aliphatic heterocycles. The van der Waals surface area contributed by atoms with Crippen molar-refractivity contribution in [3.8, 4) is 5.75 Å². The van der Waals surface area contributed by atoms with Crippen LogP contribution in [0.4, 0.5) is 0 Å². The summed E-state index contributed by atoms with van der Waals surface area (Å²) in [7, 11) is 0. The first-order chi connectivity index (χ1) is 9.75. The fourth-order valence-electron chi connectivity index (χ4n) is 2.32. The molecule has 20 heavy (non-hydrogen) atoms. The third-order valence-electron chi connectivity index (χ3n) is 3.48. The molecule has 5 heteroatoms. The molecule has 0 spiro atoms. The maximum atomic E-state index is 6.05. The van der Waals surface area contributed by atoms with Crippen LogP contribution < -0.4 is 10.1 Å². The first-order valence-corrected chi connectivity index (χ1v) is 8.02. The highest BCUT2D eigenvalue weighted by Crippen LogP contribution is 2.27. The van der Waals surface area contributed by atoms with Gasteiger partial charge in [-0.05, 0) is 44.0 Å². The van der Waals surface area contributed by atoms with Crippen molar-refractivity contribution < 1.29 is 4.74 Å². The van der Waals surface area contributed by atoms with Crippen molar-refractivity contribution in [1.82, 2.24) is 10.2 Å². The van der Waals surface area contributed by atoms with E-state index in [1.807, 2.05) is 6.07 Å². The van der Waals surface area contributed by atoms with Crippen LogP contribution in [0.1, 0.15) is 19.3 Å². The maximum absolute atomic E-state index is 6.05. The van der Waals surface area contributed by atoms with Crippen LogP contribution >= 0.6 is 23.2 Å². The molecular weight excluding hydrogens is 295 g/mol. The smallest absolute Gasteiger partial charge is 0.137 e. The molecule has 0 atom stereocenters. The van der Waals surface area contributed by atoms with E-state index in [0.29, 0.717) is 16.7 Å². The number of hydrogen-bond acceptors (Lipinski definition) is 3. The van der Waals surface area contributed by atoms with Crippen LogP contribution in [0, 0.1) is 0 Å². The number of nitrogens with zero attached hydrogens (tertiary/aromatic N) is 1. The summed E-state index contributed by atoms with van der Waals surface area (Å²) in [4.78, 5) is 2.52. The molecule has 1 N–H and O–H groups in total. The van der Waals surface area contributed by atoms with Crippen LogP contribution in [0.25, 0.3) is 0 Å². The van der Waals surface area contributed by atoms with Gasteiger partial charge < -0.3 is 15.0 Å². The molecule has 0 amide bonds. The minimum atomic E-state index is 0.582. The van der Waals surface area contributed by atoms with Crippen LogP contribution in [0.5, 0.6) is 5.75 Å². The minimum Gasteiger partial charge on any atom is -0.492 e. The van der Waals surface area contributed by atoms with Gasteiger partial charge in [0.15, 0.2) is 0 Å². The predicted molar refractivity (Wildman–Crippen MR) is 85.1 cm³/mol. The van der Waals surface area contributed by atoms with E-state index in [2.05, 4.69) is 10.2 Å². The van der Waals surface area contributed by atoms with Crippen LogP contribution in [0.15, 0.2) is 18.2 Å². The molecule has 1 saturated heterocycles. The van der Waals surface area contributed by atoms with Crippen molar-refractivity contribution in [3.05, 3.63) is 28.2 Å². The molecule has 0 aliphatic carbocycles. The summed E-state index contributed by atoms with van der Waals surface area (Å²) in [5.74, 6) is 0.721. The Morgan fingerprint density at radius 2 is 1.90 bits per heavy atom. The monoisotopic (exact) mass is 316 g/mol. The number of piperazine rings is 1. The summed E-state index contributed by atoms with van der Waals surface area (Å²) < 4.78 is 5.67. The number of nitrogens with one attached hydrogen (secondary N) is 1. The first kappa shape index (κ1) is 15.9. The third-order valence-corrected chi connectivity index (χ3v) is 4.01. The molecule has 1 aliphatic rings. The van der Waals surface area contributed by atoms with Crippen molar-refractivity contribution in [2.45, 2.75) is 19.3 Å². The maximum Gasteiger partial charge on any atom is 0.137 e. The van der Waals surface area contributed by atoms with E-state index in [0.717, 1.165) is 25.3 Å². The quantitative estimate of drug-likeness (QED) is 0.780. The van der Waals surface area contributed by atoms with Gasteiger partial charge in [-0.25, -0.2) is 0 Å². The number of ether oxygens (including phenoxy) is 1. The van der Waals surface area contributed by atoms with Gasteiger partial charge in [-0.2, -0.15) is 0 Å². The molecule has 0 aromatic heterocycles. The Morgan fingerprint density at radius 1 is 1.10 bits per heavy atom. The van der Waals surface area contributed by atoms with Gasteiger partial charge in [-0.15, -0.1) is 0 Å². The zero-order chi connectivity index (χ0) is 14.2. The number of unbranched alkanes of at least 4 members (excludes halogenated alkanes) is 2. The van der Waals surface area contributed by atoms with Crippen LogP contribution in [-0.2, 0) is 0 Å². The summed E-state index contributed by atoms with van der Waals surface area (Å²) in [6.45, 7) is 6.51. The fraction of sp³-hybridized carbons (Fsp3) is 0.600. The second-order valence-corrected chi connectivity index (χ2v) is 5.92. The number of halogens is 2. The Hall–Kier alpha value is -0.480. The lowest BCUT2D eigenvalue weighted by atomic mass is 10.2. The standard InChI is InChI=1S/C15H22Cl2N2O/c16-13-4-5-15(14(17)12-13)20-11-3-1-2-8-19-9-6-18-7-10-19/h4-5,12,18H,1-3,6-11H2. The van der Waals surface area contributed by atoms with Gasteiger partial charge in [0.2, 0.25) is 0 Å². The van der Waals surface area contributed by atoms with Crippen molar-refractivity contribution in [3.63, 3.8) is 0 Å². The Kier molecular flexibility index (Phi) is 6.94. The molecule has 112 valence electrons. The van der Waals surface area contributed by atoms with Gasteiger partial charge in [0.25, 0.3) is 0 Å². The van der Waals surface area contributed by atoms with E-state index >= 15 is 0 Å².